The van der Waals surface area contributed by atoms with Crippen LogP contribution in [0.2, 0.25) is 0 Å². The summed E-state index contributed by atoms with van der Waals surface area (Å²) in [5.74, 6) is 0.934. The number of carbonyl (C=O) groups is 2. The Bertz CT molecular complexity index is 1510. The summed E-state index contributed by atoms with van der Waals surface area (Å²) in [7, 11) is 4.22. The van der Waals surface area contributed by atoms with E-state index in [1.54, 1.807) is 33.5 Å². The molecule has 0 saturated carbocycles. The Morgan fingerprint density at radius 3 is 2.34 bits per heavy atom. The van der Waals surface area contributed by atoms with Crippen LogP contribution in [0.15, 0.2) is 29.1 Å². The van der Waals surface area contributed by atoms with E-state index < -0.39 is 16.1 Å². The van der Waals surface area contributed by atoms with Crippen molar-refractivity contribution in [2.45, 2.75) is 51.5 Å². The quantitative estimate of drug-likeness (QED) is 0.252. The Morgan fingerprint density at radius 1 is 0.977 bits per heavy atom. The first-order valence-corrected chi connectivity index (χ1v) is 16.2. The van der Waals surface area contributed by atoms with E-state index in [1.165, 1.54) is 21.0 Å². The van der Waals surface area contributed by atoms with Gasteiger partial charge in [-0.05, 0) is 60.6 Å². The molecular formula is C31H44N4O8S. The average Bonchev–Trinajstić information content (AvgIpc) is 3.21. The van der Waals surface area contributed by atoms with Gasteiger partial charge in [0.2, 0.25) is 33.0 Å². The molecule has 0 aliphatic heterocycles. The first-order chi connectivity index (χ1) is 20.9. The van der Waals surface area contributed by atoms with Crippen LogP contribution in [-0.2, 0) is 26.0 Å². The zero-order chi connectivity index (χ0) is 32.4. The summed E-state index contributed by atoms with van der Waals surface area (Å²) in [6.45, 7) is 2.05. The molecule has 12 nitrogen and oxygen atoms in total. The minimum Gasteiger partial charge on any atom is -0.493 e. The summed E-state index contributed by atoms with van der Waals surface area (Å²) in [6, 6.07) is 6.70. The highest BCUT2D eigenvalue weighted by Gasteiger charge is 2.29. The predicted molar refractivity (Wildman–Crippen MR) is 170 cm³/mol. The van der Waals surface area contributed by atoms with Gasteiger partial charge in [-0.15, -0.1) is 0 Å². The topological polar surface area (TPSA) is 152 Å². The lowest BCUT2D eigenvalue weighted by molar-refractivity contribution is -0.121. The number of carbonyl (C=O) groups excluding carboxylic acids is 2. The van der Waals surface area contributed by atoms with Gasteiger partial charge >= 0.3 is 0 Å². The smallest absolute Gasteiger partial charge is 0.220 e. The predicted octanol–water partition coefficient (Wildman–Crippen LogP) is 2.84. The van der Waals surface area contributed by atoms with Crippen LogP contribution in [-0.4, -0.2) is 78.8 Å². The highest BCUT2D eigenvalue weighted by molar-refractivity contribution is 7.89. The van der Waals surface area contributed by atoms with E-state index in [9.17, 15) is 22.8 Å². The normalized spacial score (nSPS) is 14.1. The van der Waals surface area contributed by atoms with E-state index in [2.05, 4.69) is 16.0 Å². The van der Waals surface area contributed by atoms with Gasteiger partial charge in [-0.25, -0.2) is 12.7 Å². The molecule has 2 amide bonds. The van der Waals surface area contributed by atoms with Crippen molar-refractivity contribution >= 4 is 27.5 Å². The lowest BCUT2D eigenvalue weighted by Crippen LogP contribution is -2.33. The van der Waals surface area contributed by atoms with Crippen molar-refractivity contribution in [3.63, 3.8) is 0 Å². The molecule has 0 unspecified atom stereocenters. The van der Waals surface area contributed by atoms with Gasteiger partial charge in [0, 0.05) is 46.1 Å². The number of hydrogen-bond donors (Lipinski definition) is 3. The second-order valence-corrected chi connectivity index (χ2v) is 13.1. The highest BCUT2D eigenvalue weighted by atomic mass is 32.2. The first kappa shape index (κ1) is 34.6. The van der Waals surface area contributed by atoms with Gasteiger partial charge in [-0.2, -0.15) is 0 Å². The van der Waals surface area contributed by atoms with Gasteiger partial charge in [-0.3, -0.25) is 14.4 Å². The summed E-state index contributed by atoms with van der Waals surface area (Å²) in [4.78, 5) is 37.6. The molecule has 0 bridgehead atoms. The third-order valence-corrected chi connectivity index (χ3v) is 9.38. The molecule has 242 valence electrons. The Labute approximate surface area is 259 Å². The lowest BCUT2D eigenvalue weighted by atomic mass is 9.95. The molecule has 0 radical (unpaired) electrons. The van der Waals surface area contributed by atoms with Crippen molar-refractivity contribution < 1.29 is 32.2 Å². The van der Waals surface area contributed by atoms with E-state index in [0.717, 1.165) is 33.8 Å². The maximum atomic E-state index is 13.4. The fraction of sp³-hybridized carbons (Fsp3) is 0.516. The van der Waals surface area contributed by atoms with E-state index >= 15 is 0 Å². The summed E-state index contributed by atoms with van der Waals surface area (Å²) in [6.07, 6.45) is 3.58. The number of anilines is 1. The van der Waals surface area contributed by atoms with Crippen LogP contribution in [0.5, 0.6) is 17.2 Å². The molecule has 0 aromatic heterocycles. The van der Waals surface area contributed by atoms with Crippen LogP contribution < -0.4 is 35.6 Å². The summed E-state index contributed by atoms with van der Waals surface area (Å²) >= 11 is 0. The Kier molecular flexibility index (Phi) is 12.4. The van der Waals surface area contributed by atoms with Crippen LogP contribution in [0.1, 0.15) is 56.2 Å². The van der Waals surface area contributed by atoms with Crippen LogP contribution in [0.4, 0.5) is 5.69 Å². The second-order valence-electron chi connectivity index (χ2n) is 10.8. The van der Waals surface area contributed by atoms with Gasteiger partial charge in [0.1, 0.15) is 0 Å². The van der Waals surface area contributed by atoms with Gasteiger partial charge in [0.15, 0.2) is 11.5 Å². The van der Waals surface area contributed by atoms with Gasteiger partial charge < -0.3 is 30.2 Å². The van der Waals surface area contributed by atoms with E-state index in [1.807, 2.05) is 12.1 Å². The number of unbranched alkanes of at least 4 members (excludes halogenated alkanes) is 2. The standard InChI is InChI=1S/C31H44N4O8S/c1-20(36)34-24-13-11-21-18-27(41-4)30(42-5)31(43-6)29(21)22-12-14-25(26(37)19-23(22)24)32-15-9-7-8-10-28(38)33-16-17-44(39,40)35(2)3/h12,14,18-19,24H,7-11,13,15-17H2,1-6H3,(H,32,37)(H,33,38)(H,34,36)/t24-/m0/s1. The number of hydrogen-bond acceptors (Lipinski definition) is 9. The third kappa shape index (κ3) is 8.63. The van der Waals surface area contributed by atoms with Crippen molar-refractivity contribution in [1.82, 2.24) is 14.9 Å². The number of aryl methyl sites for hydroxylation is 1. The summed E-state index contributed by atoms with van der Waals surface area (Å²) in [5.41, 5.74) is 3.38. The van der Waals surface area contributed by atoms with Crippen molar-refractivity contribution in [2.75, 3.05) is 59.6 Å². The number of sulfonamides is 1. The molecule has 44 heavy (non-hydrogen) atoms. The van der Waals surface area contributed by atoms with Crippen molar-refractivity contribution in [3.05, 3.63) is 45.6 Å². The number of amides is 2. The highest BCUT2D eigenvalue weighted by Crippen LogP contribution is 2.50. The van der Waals surface area contributed by atoms with Crippen molar-refractivity contribution in [1.29, 1.82) is 0 Å². The number of methoxy groups -OCH3 is 3. The number of fused-ring (bicyclic) bond motifs is 3. The summed E-state index contributed by atoms with van der Waals surface area (Å²) < 4.78 is 41.8. The minimum absolute atomic E-state index is 0.0711. The fourth-order valence-corrected chi connectivity index (χ4v) is 5.98. The van der Waals surface area contributed by atoms with Crippen molar-refractivity contribution in [3.8, 4) is 28.4 Å². The van der Waals surface area contributed by atoms with E-state index in [4.69, 9.17) is 14.2 Å². The number of rotatable bonds is 15. The van der Waals surface area contributed by atoms with Gasteiger partial charge in [-0.1, -0.05) is 12.5 Å². The molecule has 3 N–H and O–H groups in total. The monoisotopic (exact) mass is 632 g/mol. The first-order valence-electron chi connectivity index (χ1n) is 14.6. The average molecular weight is 633 g/mol. The Balaban J connectivity index is 1.75. The van der Waals surface area contributed by atoms with E-state index in [0.29, 0.717) is 60.7 Å². The number of benzene rings is 1. The molecule has 1 atom stereocenters. The maximum Gasteiger partial charge on any atom is 0.220 e. The molecule has 0 heterocycles. The zero-order valence-corrected chi connectivity index (χ0v) is 27.2. The molecule has 0 saturated heterocycles. The summed E-state index contributed by atoms with van der Waals surface area (Å²) in [5, 5.41) is 8.87. The van der Waals surface area contributed by atoms with Crippen LogP contribution >= 0.6 is 0 Å². The van der Waals surface area contributed by atoms with Gasteiger partial charge in [0.05, 0.1) is 38.8 Å². The lowest BCUT2D eigenvalue weighted by Gasteiger charge is -2.19. The van der Waals surface area contributed by atoms with Crippen LogP contribution in [0.25, 0.3) is 11.1 Å². The number of nitrogens with zero attached hydrogens (tertiary/aromatic N) is 1. The molecule has 0 fully saturated rings. The van der Waals surface area contributed by atoms with Crippen LogP contribution in [0.3, 0.4) is 0 Å². The minimum atomic E-state index is -3.35. The molecule has 2 aromatic carbocycles. The molecule has 3 rings (SSSR count). The Morgan fingerprint density at radius 2 is 1.70 bits per heavy atom. The fourth-order valence-electron chi connectivity index (χ4n) is 5.25. The molecular weight excluding hydrogens is 588 g/mol. The third-order valence-electron chi connectivity index (χ3n) is 7.55. The zero-order valence-electron chi connectivity index (χ0n) is 26.4. The molecule has 1 aliphatic carbocycles. The number of ether oxygens (including phenoxy) is 3. The SMILES string of the molecule is COc1cc2c(c(OC)c1OC)-c1ccc(NCCCCCC(=O)NCCS(=O)(=O)N(C)C)c(=O)cc1[C@@H](NC(C)=O)CC2. The second kappa shape index (κ2) is 15.8. The Hall–Kier alpha value is -3.84. The largest absolute Gasteiger partial charge is 0.493 e. The molecule has 0 spiro atoms. The van der Waals surface area contributed by atoms with Crippen molar-refractivity contribution in [2.24, 2.45) is 0 Å². The maximum absolute atomic E-state index is 13.4. The van der Waals surface area contributed by atoms with Gasteiger partial charge in [0.25, 0.3) is 0 Å². The molecule has 13 heteroatoms. The molecule has 2 aromatic rings. The molecule has 1 aliphatic rings. The van der Waals surface area contributed by atoms with Crippen LogP contribution in [0, 0.1) is 0 Å². The number of nitrogens with one attached hydrogen (secondary N) is 3. The van der Waals surface area contributed by atoms with E-state index in [-0.39, 0.29) is 29.5 Å².